The highest BCUT2D eigenvalue weighted by molar-refractivity contribution is 5.17. The fourth-order valence-electron chi connectivity index (χ4n) is 1.70. The lowest BCUT2D eigenvalue weighted by Crippen LogP contribution is -2.35. The number of aromatic nitrogens is 2. The molecule has 1 aromatic rings. The van der Waals surface area contributed by atoms with Crippen LogP contribution in [-0.4, -0.2) is 29.5 Å². The first-order chi connectivity index (χ1) is 7.48. The van der Waals surface area contributed by atoms with Gasteiger partial charge in [-0.2, -0.15) is 18.3 Å². The lowest BCUT2D eigenvalue weighted by atomic mass is 10.2. The van der Waals surface area contributed by atoms with Crippen LogP contribution in [0.4, 0.5) is 13.2 Å². The summed E-state index contributed by atoms with van der Waals surface area (Å²) in [4.78, 5) is 0. The number of halogens is 3. The lowest BCUT2D eigenvalue weighted by Gasteiger charge is -2.23. The standard InChI is InChI=1S/C9H12F3N3O/c1-15-7(6-5-16-3-2-13-6)4-8(14-15)9(10,11)12/h4,6,13H,2-3,5H2,1H3. The lowest BCUT2D eigenvalue weighted by molar-refractivity contribution is -0.141. The summed E-state index contributed by atoms with van der Waals surface area (Å²) >= 11 is 0. The number of ether oxygens (including phenoxy) is 1. The van der Waals surface area contributed by atoms with E-state index in [1.165, 1.54) is 11.7 Å². The predicted octanol–water partition coefficient (Wildman–Crippen LogP) is 1.10. The molecule has 0 saturated carbocycles. The van der Waals surface area contributed by atoms with Crippen LogP contribution in [-0.2, 0) is 18.0 Å². The first-order valence-electron chi connectivity index (χ1n) is 4.91. The minimum absolute atomic E-state index is 0.220. The van der Waals surface area contributed by atoms with Gasteiger partial charge < -0.3 is 10.1 Å². The molecule has 1 fully saturated rings. The van der Waals surface area contributed by atoms with Gasteiger partial charge in [0.15, 0.2) is 5.69 Å². The monoisotopic (exact) mass is 235 g/mol. The zero-order valence-corrected chi connectivity index (χ0v) is 8.71. The molecule has 7 heteroatoms. The molecule has 4 nitrogen and oxygen atoms in total. The average Bonchev–Trinajstić information content (AvgIpc) is 2.61. The Balaban J connectivity index is 2.24. The average molecular weight is 235 g/mol. The van der Waals surface area contributed by atoms with Gasteiger partial charge in [0.1, 0.15) is 0 Å². The summed E-state index contributed by atoms with van der Waals surface area (Å²) in [5, 5.41) is 6.54. The fourth-order valence-corrected chi connectivity index (χ4v) is 1.70. The van der Waals surface area contributed by atoms with Crippen LogP contribution >= 0.6 is 0 Å². The molecular weight excluding hydrogens is 223 g/mol. The maximum absolute atomic E-state index is 12.4. The topological polar surface area (TPSA) is 39.1 Å². The molecule has 1 aromatic heterocycles. The van der Waals surface area contributed by atoms with Crippen LogP contribution in [0, 0.1) is 0 Å². The molecule has 0 amide bonds. The molecule has 1 unspecified atom stereocenters. The van der Waals surface area contributed by atoms with Crippen LogP contribution in [0.25, 0.3) is 0 Å². The number of morpholine rings is 1. The van der Waals surface area contributed by atoms with E-state index in [0.29, 0.717) is 25.5 Å². The van der Waals surface area contributed by atoms with Crippen molar-refractivity contribution in [2.75, 3.05) is 19.8 Å². The normalized spacial score (nSPS) is 22.4. The molecular formula is C9H12F3N3O. The van der Waals surface area contributed by atoms with Gasteiger partial charge in [0, 0.05) is 13.6 Å². The van der Waals surface area contributed by atoms with Crippen molar-refractivity contribution in [3.63, 3.8) is 0 Å². The first kappa shape index (κ1) is 11.4. The summed E-state index contributed by atoms with van der Waals surface area (Å²) in [5.74, 6) is 0. The maximum Gasteiger partial charge on any atom is 0.435 e. The zero-order chi connectivity index (χ0) is 11.8. The van der Waals surface area contributed by atoms with E-state index < -0.39 is 11.9 Å². The predicted molar refractivity (Wildman–Crippen MR) is 49.8 cm³/mol. The van der Waals surface area contributed by atoms with Crippen LogP contribution in [0.5, 0.6) is 0 Å². The second-order valence-electron chi connectivity index (χ2n) is 3.66. The third-order valence-electron chi connectivity index (χ3n) is 2.49. The molecule has 1 saturated heterocycles. The third kappa shape index (κ3) is 2.19. The van der Waals surface area contributed by atoms with Crippen molar-refractivity contribution in [3.8, 4) is 0 Å². The van der Waals surface area contributed by atoms with E-state index in [1.807, 2.05) is 0 Å². The number of rotatable bonds is 1. The Labute approximate surface area is 90.4 Å². The van der Waals surface area contributed by atoms with Gasteiger partial charge in [-0.05, 0) is 6.07 Å². The highest BCUT2D eigenvalue weighted by Gasteiger charge is 2.35. The molecule has 1 aliphatic rings. The molecule has 90 valence electrons. The molecule has 0 radical (unpaired) electrons. The van der Waals surface area contributed by atoms with Gasteiger partial charge in [0.2, 0.25) is 0 Å². The highest BCUT2D eigenvalue weighted by Crippen LogP contribution is 2.30. The summed E-state index contributed by atoms with van der Waals surface area (Å²) in [6, 6.07) is 0.842. The molecule has 0 spiro atoms. The van der Waals surface area contributed by atoms with Crippen molar-refractivity contribution in [3.05, 3.63) is 17.5 Å². The van der Waals surface area contributed by atoms with Crippen molar-refractivity contribution in [1.82, 2.24) is 15.1 Å². The number of aryl methyl sites for hydroxylation is 1. The second-order valence-corrected chi connectivity index (χ2v) is 3.66. The zero-order valence-electron chi connectivity index (χ0n) is 8.71. The molecule has 0 bridgehead atoms. The molecule has 1 atom stereocenters. The van der Waals surface area contributed by atoms with Crippen molar-refractivity contribution in [2.24, 2.45) is 7.05 Å². The third-order valence-corrected chi connectivity index (χ3v) is 2.49. The number of hydrogen-bond donors (Lipinski definition) is 1. The molecule has 1 N–H and O–H groups in total. The Kier molecular flexibility index (Phi) is 2.90. The van der Waals surface area contributed by atoms with E-state index in [0.717, 1.165) is 6.07 Å². The van der Waals surface area contributed by atoms with Gasteiger partial charge in [0.05, 0.1) is 24.9 Å². The van der Waals surface area contributed by atoms with E-state index >= 15 is 0 Å². The first-order valence-corrected chi connectivity index (χ1v) is 4.91. The molecule has 1 aliphatic heterocycles. The van der Waals surface area contributed by atoms with Crippen LogP contribution < -0.4 is 5.32 Å². The van der Waals surface area contributed by atoms with Gasteiger partial charge in [0.25, 0.3) is 0 Å². The van der Waals surface area contributed by atoms with Gasteiger partial charge >= 0.3 is 6.18 Å². The number of alkyl halides is 3. The van der Waals surface area contributed by atoms with Gasteiger partial charge in [-0.1, -0.05) is 0 Å². The van der Waals surface area contributed by atoms with E-state index in [2.05, 4.69) is 10.4 Å². The highest BCUT2D eigenvalue weighted by atomic mass is 19.4. The van der Waals surface area contributed by atoms with Crippen LogP contribution in [0.3, 0.4) is 0 Å². The fraction of sp³-hybridized carbons (Fsp3) is 0.667. The molecule has 0 aromatic carbocycles. The van der Waals surface area contributed by atoms with Crippen molar-refractivity contribution >= 4 is 0 Å². The Morgan fingerprint density at radius 2 is 2.31 bits per heavy atom. The van der Waals surface area contributed by atoms with Gasteiger partial charge in [-0.15, -0.1) is 0 Å². The summed E-state index contributed by atoms with van der Waals surface area (Å²) in [5.41, 5.74) is -0.371. The summed E-state index contributed by atoms with van der Waals surface area (Å²) in [6.45, 7) is 1.59. The maximum atomic E-state index is 12.4. The van der Waals surface area contributed by atoms with Crippen molar-refractivity contribution < 1.29 is 17.9 Å². The Morgan fingerprint density at radius 1 is 1.56 bits per heavy atom. The van der Waals surface area contributed by atoms with Crippen LogP contribution in [0.1, 0.15) is 17.4 Å². The molecule has 0 aliphatic carbocycles. The quantitative estimate of drug-likeness (QED) is 0.792. The van der Waals surface area contributed by atoms with Crippen molar-refractivity contribution in [2.45, 2.75) is 12.2 Å². The summed E-state index contributed by atoms with van der Waals surface area (Å²) in [7, 11) is 1.50. The van der Waals surface area contributed by atoms with E-state index in [4.69, 9.17) is 4.74 Å². The van der Waals surface area contributed by atoms with Gasteiger partial charge in [-0.3, -0.25) is 4.68 Å². The largest absolute Gasteiger partial charge is 0.435 e. The van der Waals surface area contributed by atoms with Crippen LogP contribution in [0.2, 0.25) is 0 Å². The van der Waals surface area contributed by atoms with Gasteiger partial charge in [-0.25, -0.2) is 0 Å². The molecule has 2 heterocycles. The number of nitrogens with zero attached hydrogens (tertiary/aromatic N) is 2. The minimum Gasteiger partial charge on any atom is -0.378 e. The summed E-state index contributed by atoms with van der Waals surface area (Å²) in [6.07, 6.45) is -4.40. The second kappa shape index (κ2) is 4.06. The number of hydrogen-bond acceptors (Lipinski definition) is 3. The van der Waals surface area contributed by atoms with E-state index in [-0.39, 0.29) is 6.04 Å². The van der Waals surface area contributed by atoms with E-state index in [9.17, 15) is 13.2 Å². The Morgan fingerprint density at radius 3 is 2.81 bits per heavy atom. The SMILES string of the molecule is Cn1nc(C(F)(F)F)cc1C1COCCN1. The minimum atomic E-state index is -4.40. The summed E-state index contributed by atoms with van der Waals surface area (Å²) < 4.78 is 43.7. The Bertz CT molecular complexity index is 369. The number of nitrogens with one attached hydrogen (secondary N) is 1. The van der Waals surface area contributed by atoms with Crippen LogP contribution in [0.15, 0.2) is 6.07 Å². The molecule has 2 rings (SSSR count). The smallest absolute Gasteiger partial charge is 0.378 e. The molecule has 16 heavy (non-hydrogen) atoms. The van der Waals surface area contributed by atoms with E-state index in [1.54, 1.807) is 0 Å². The van der Waals surface area contributed by atoms with Crippen molar-refractivity contribution in [1.29, 1.82) is 0 Å². The Hall–Kier alpha value is -1.08.